The summed E-state index contributed by atoms with van der Waals surface area (Å²) in [5.74, 6) is 2.11. The zero-order chi connectivity index (χ0) is 18.6. The van der Waals surface area contributed by atoms with Crippen LogP contribution in [0.4, 0.5) is 0 Å². The highest BCUT2D eigenvalue weighted by Gasteiger charge is 2.21. The predicted molar refractivity (Wildman–Crippen MR) is 101 cm³/mol. The molecule has 27 heavy (non-hydrogen) atoms. The highest BCUT2D eigenvalue weighted by atomic mass is 16.4. The van der Waals surface area contributed by atoms with Crippen molar-refractivity contribution in [1.29, 1.82) is 0 Å². The monoisotopic (exact) mass is 365 g/mol. The molecule has 0 amide bonds. The summed E-state index contributed by atoms with van der Waals surface area (Å²) in [6.07, 6.45) is 8.95. The van der Waals surface area contributed by atoms with Crippen LogP contribution in [0.1, 0.15) is 24.5 Å². The fraction of sp³-hybridized carbons (Fsp3) is 0.400. The molecule has 3 aromatic rings. The van der Waals surface area contributed by atoms with Crippen molar-refractivity contribution in [3.05, 3.63) is 65.1 Å². The largest absolute Gasteiger partial charge is 0.445 e. The molecule has 0 unspecified atom stereocenters. The molecule has 7 heteroatoms. The molecule has 1 saturated heterocycles. The van der Waals surface area contributed by atoms with Crippen LogP contribution in [-0.4, -0.2) is 37.5 Å². The first-order valence-corrected chi connectivity index (χ1v) is 9.28. The smallest absolute Gasteiger partial charge is 0.253 e. The van der Waals surface area contributed by atoms with E-state index < -0.39 is 0 Å². The molecule has 0 saturated carbocycles. The van der Waals surface area contributed by atoms with E-state index in [4.69, 9.17) is 4.42 Å². The van der Waals surface area contributed by atoms with Gasteiger partial charge in [0, 0.05) is 30.6 Å². The second-order valence-electron chi connectivity index (χ2n) is 7.09. The second-order valence-corrected chi connectivity index (χ2v) is 7.09. The fourth-order valence-corrected chi connectivity index (χ4v) is 3.51. The summed E-state index contributed by atoms with van der Waals surface area (Å²) in [4.78, 5) is 27.6. The van der Waals surface area contributed by atoms with Crippen molar-refractivity contribution < 1.29 is 4.42 Å². The van der Waals surface area contributed by atoms with Crippen molar-refractivity contribution in [3.8, 4) is 11.3 Å². The average molecular weight is 365 g/mol. The van der Waals surface area contributed by atoms with Crippen molar-refractivity contribution in [3.63, 3.8) is 0 Å². The first-order chi connectivity index (χ1) is 13.2. The van der Waals surface area contributed by atoms with Gasteiger partial charge in [0.15, 0.2) is 0 Å². The van der Waals surface area contributed by atoms with Crippen LogP contribution in [-0.2, 0) is 13.1 Å². The molecule has 4 heterocycles. The SMILES string of the molecule is Cc1cnc(CN2CCC(Cn3cnc(-c4cccnc4)cc3=O)CC2)o1. The molecule has 1 aliphatic rings. The summed E-state index contributed by atoms with van der Waals surface area (Å²) in [6, 6.07) is 5.34. The van der Waals surface area contributed by atoms with Crippen LogP contribution in [0.15, 0.2) is 52.3 Å². The Labute approximate surface area is 157 Å². The number of likely N-dealkylation sites (tertiary alicyclic amines) is 1. The van der Waals surface area contributed by atoms with E-state index in [1.807, 2.05) is 19.1 Å². The minimum atomic E-state index is -0.0125. The Morgan fingerprint density at radius 1 is 1.22 bits per heavy atom. The van der Waals surface area contributed by atoms with Crippen LogP contribution < -0.4 is 5.56 Å². The van der Waals surface area contributed by atoms with Gasteiger partial charge in [0.05, 0.1) is 24.8 Å². The van der Waals surface area contributed by atoms with E-state index in [-0.39, 0.29) is 5.56 Å². The van der Waals surface area contributed by atoms with Crippen molar-refractivity contribution >= 4 is 0 Å². The standard InChI is InChI=1S/C20H23N5O2/c1-15-10-22-19(27-15)13-24-7-4-16(5-8-24)12-25-14-23-18(9-20(25)26)17-3-2-6-21-11-17/h2-3,6,9-11,14,16H,4-5,7-8,12-13H2,1H3. The number of rotatable bonds is 5. The van der Waals surface area contributed by atoms with Gasteiger partial charge in [0.25, 0.3) is 5.56 Å². The minimum Gasteiger partial charge on any atom is -0.445 e. The van der Waals surface area contributed by atoms with Crippen LogP contribution in [0, 0.1) is 12.8 Å². The Balaban J connectivity index is 1.34. The van der Waals surface area contributed by atoms with Gasteiger partial charge in [-0.3, -0.25) is 19.2 Å². The van der Waals surface area contributed by atoms with E-state index in [1.54, 1.807) is 35.6 Å². The molecule has 0 bridgehead atoms. The molecule has 4 rings (SSSR count). The van der Waals surface area contributed by atoms with Gasteiger partial charge in [-0.15, -0.1) is 0 Å². The molecule has 0 atom stereocenters. The molecule has 0 aliphatic carbocycles. The lowest BCUT2D eigenvalue weighted by Gasteiger charge is -2.31. The van der Waals surface area contributed by atoms with Gasteiger partial charge in [-0.1, -0.05) is 0 Å². The number of piperidine rings is 1. The first kappa shape index (κ1) is 17.6. The maximum absolute atomic E-state index is 12.5. The molecule has 0 radical (unpaired) electrons. The summed E-state index contributed by atoms with van der Waals surface area (Å²) >= 11 is 0. The van der Waals surface area contributed by atoms with Crippen LogP contribution in [0.3, 0.4) is 0 Å². The molecule has 0 N–H and O–H groups in total. The molecule has 3 aromatic heterocycles. The van der Waals surface area contributed by atoms with E-state index in [9.17, 15) is 4.79 Å². The molecule has 140 valence electrons. The summed E-state index contributed by atoms with van der Waals surface area (Å²) < 4.78 is 7.28. The van der Waals surface area contributed by atoms with Gasteiger partial charge < -0.3 is 4.42 Å². The zero-order valence-corrected chi connectivity index (χ0v) is 15.4. The fourth-order valence-electron chi connectivity index (χ4n) is 3.51. The predicted octanol–water partition coefficient (Wildman–Crippen LogP) is 2.51. The topological polar surface area (TPSA) is 77.1 Å². The summed E-state index contributed by atoms with van der Waals surface area (Å²) in [6.45, 7) is 5.35. The van der Waals surface area contributed by atoms with Crippen molar-refractivity contribution in [2.75, 3.05) is 13.1 Å². The lowest BCUT2D eigenvalue weighted by Crippen LogP contribution is -2.36. The number of hydrogen-bond donors (Lipinski definition) is 0. The minimum absolute atomic E-state index is 0.0125. The van der Waals surface area contributed by atoms with Crippen LogP contribution in [0.2, 0.25) is 0 Å². The number of aromatic nitrogens is 4. The highest BCUT2D eigenvalue weighted by Crippen LogP contribution is 2.20. The third kappa shape index (κ3) is 4.31. The van der Waals surface area contributed by atoms with E-state index in [1.165, 1.54) is 0 Å². The maximum Gasteiger partial charge on any atom is 0.253 e. The molecule has 0 aromatic carbocycles. The Morgan fingerprint density at radius 2 is 2.07 bits per heavy atom. The summed E-state index contributed by atoms with van der Waals surface area (Å²) in [5.41, 5.74) is 1.51. The van der Waals surface area contributed by atoms with E-state index in [2.05, 4.69) is 19.9 Å². The number of aryl methyl sites for hydroxylation is 1. The Kier molecular flexibility index (Phi) is 5.11. The van der Waals surface area contributed by atoms with Crippen molar-refractivity contribution in [1.82, 2.24) is 24.4 Å². The van der Waals surface area contributed by atoms with Crippen LogP contribution in [0.25, 0.3) is 11.3 Å². The molecule has 7 nitrogen and oxygen atoms in total. The van der Waals surface area contributed by atoms with E-state index in [0.717, 1.165) is 49.7 Å². The highest BCUT2D eigenvalue weighted by molar-refractivity contribution is 5.56. The molecule has 1 aliphatic heterocycles. The van der Waals surface area contributed by atoms with Gasteiger partial charge >= 0.3 is 0 Å². The van der Waals surface area contributed by atoms with Crippen LogP contribution in [0.5, 0.6) is 0 Å². The number of nitrogens with zero attached hydrogens (tertiary/aromatic N) is 5. The third-order valence-electron chi connectivity index (χ3n) is 5.03. The van der Waals surface area contributed by atoms with Gasteiger partial charge in [0.1, 0.15) is 5.76 Å². The quantitative estimate of drug-likeness (QED) is 0.691. The molecular weight excluding hydrogens is 342 g/mol. The number of hydrogen-bond acceptors (Lipinski definition) is 6. The van der Waals surface area contributed by atoms with Gasteiger partial charge in [0.2, 0.25) is 5.89 Å². The summed E-state index contributed by atoms with van der Waals surface area (Å²) in [7, 11) is 0. The number of oxazole rings is 1. The van der Waals surface area contributed by atoms with Crippen LogP contribution >= 0.6 is 0 Å². The summed E-state index contributed by atoms with van der Waals surface area (Å²) in [5, 5.41) is 0. The second kappa shape index (κ2) is 7.84. The van der Waals surface area contributed by atoms with E-state index in [0.29, 0.717) is 18.2 Å². The van der Waals surface area contributed by atoms with E-state index >= 15 is 0 Å². The van der Waals surface area contributed by atoms with Gasteiger partial charge in [-0.05, 0) is 50.9 Å². The maximum atomic E-state index is 12.5. The molecule has 1 fully saturated rings. The lowest BCUT2D eigenvalue weighted by molar-refractivity contribution is 0.154. The van der Waals surface area contributed by atoms with Crippen molar-refractivity contribution in [2.24, 2.45) is 5.92 Å². The normalized spacial score (nSPS) is 15.9. The van der Waals surface area contributed by atoms with Gasteiger partial charge in [-0.25, -0.2) is 9.97 Å². The first-order valence-electron chi connectivity index (χ1n) is 9.28. The van der Waals surface area contributed by atoms with Crippen molar-refractivity contribution in [2.45, 2.75) is 32.9 Å². The van der Waals surface area contributed by atoms with Gasteiger partial charge in [-0.2, -0.15) is 0 Å². The average Bonchev–Trinajstić information content (AvgIpc) is 3.10. The lowest BCUT2D eigenvalue weighted by atomic mass is 9.96. The third-order valence-corrected chi connectivity index (χ3v) is 5.03. The molecular formula is C20H23N5O2. The Hall–Kier alpha value is -2.80. The number of pyridine rings is 1. The zero-order valence-electron chi connectivity index (χ0n) is 15.4. The Bertz CT molecular complexity index is 942. The Morgan fingerprint density at radius 3 is 2.74 bits per heavy atom. The molecule has 0 spiro atoms.